The highest BCUT2D eigenvalue weighted by Crippen LogP contribution is 2.27. The second-order valence-electron chi connectivity index (χ2n) is 5.89. The Bertz CT molecular complexity index is 1130. The molecule has 0 saturated heterocycles. The first-order chi connectivity index (χ1) is 12.9. The Morgan fingerprint density at radius 1 is 1.07 bits per heavy atom. The van der Waals surface area contributed by atoms with Gasteiger partial charge in [-0.15, -0.1) is 0 Å². The van der Waals surface area contributed by atoms with Crippen molar-refractivity contribution in [2.45, 2.75) is 11.3 Å². The van der Waals surface area contributed by atoms with Crippen LogP contribution in [0.25, 0.3) is 10.2 Å². The largest absolute Gasteiger partial charge is 0.493 e. The van der Waals surface area contributed by atoms with E-state index in [0.29, 0.717) is 28.1 Å². The van der Waals surface area contributed by atoms with E-state index in [1.54, 1.807) is 33.4 Å². The van der Waals surface area contributed by atoms with Crippen LogP contribution in [0.4, 0.5) is 0 Å². The molecule has 0 unspecified atom stereocenters. The molecule has 2 aromatic carbocycles. The number of sulfonamides is 1. The zero-order valence-electron chi connectivity index (χ0n) is 15.2. The summed E-state index contributed by atoms with van der Waals surface area (Å²) in [6.07, 6.45) is 0.500. The number of benzene rings is 2. The number of hydrogen-bond acceptors (Lipinski definition) is 6. The molecule has 27 heavy (non-hydrogen) atoms. The summed E-state index contributed by atoms with van der Waals surface area (Å²) in [6.45, 7) is 0.237. The van der Waals surface area contributed by atoms with Crippen molar-refractivity contribution in [1.29, 1.82) is 0 Å². The van der Waals surface area contributed by atoms with Crippen LogP contribution in [0.15, 0.2) is 46.1 Å². The molecular weight excluding hydrogens is 388 g/mol. The number of fused-ring (bicyclic) bond motifs is 1. The lowest BCUT2D eigenvalue weighted by Crippen LogP contribution is -2.26. The summed E-state index contributed by atoms with van der Waals surface area (Å²) in [6, 6.07) is 10.2. The van der Waals surface area contributed by atoms with E-state index in [4.69, 9.17) is 9.47 Å². The van der Waals surface area contributed by atoms with E-state index in [2.05, 4.69) is 4.72 Å². The van der Waals surface area contributed by atoms with Crippen LogP contribution < -0.4 is 19.1 Å². The van der Waals surface area contributed by atoms with Crippen molar-refractivity contribution in [3.05, 3.63) is 51.6 Å². The number of hydrogen-bond donors (Lipinski definition) is 1. The Balaban J connectivity index is 1.73. The van der Waals surface area contributed by atoms with Crippen LogP contribution in [0.2, 0.25) is 0 Å². The SMILES string of the molecule is COc1ccc(CCNS(=O)(=O)c2ccc3c(c2)sc(=O)n3C)cc1OC. The molecule has 0 saturated carbocycles. The minimum atomic E-state index is -3.66. The van der Waals surface area contributed by atoms with Gasteiger partial charge in [-0.1, -0.05) is 17.4 Å². The molecule has 1 heterocycles. The number of nitrogens with one attached hydrogen (secondary N) is 1. The first kappa shape index (κ1) is 19.4. The summed E-state index contributed by atoms with van der Waals surface area (Å²) in [4.78, 5) is 11.7. The van der Waals surface area contributed by atoms with Gasteiger partial charge in [-0.25, -0.2) is 13.1 Å². The molecule has 1 N–H and O–H groups in total. The van der Waals surface area contributed by atoms with Crippen LogP contribution in [0.3, 0.4) is 0 Å². The van der Waals surface area contributed by atoms with Crippen molar-refractivity contribution in [2.75, 3.05) is 20.8 Å². The Hall–Kier alpha value is -2.36. The first-order valence-electron chi connectivity index (χ1n) is 8.16. The maximum absolute atomic E-state index is 12.5. The fourth-order valence-electron chi connectivity index (χ4n) is 2.73. The molecular formula is C18H20N2O5S2. The van der Waals surface area contributed by atoms with Gasteiger partial charge in [0.2, 0.25) is 10.0 Å². The van der Waals surface area contributed by atoms with Crippen LogP contribution >= 0.6 is 11.3 Å². The average molecular weight is 409 g/mol. The molecule has 0 aliphatic carbocycles. The zero-order valence-corrected chi connectivity index (χ0v) is 16.8. The predicted octanol–water partition coefficient (Wildman–Crippen LogP) is 2.14. The van der Waals surface area contributed by atoms with Crippen LogP contribution in [0.1, 0.15) is 5.56 Å². The highest BCUT2D eigenvalue weighted by Gasteiger charge is 2.16. The molecule has 3 aromatic rings. The molecule has 0 fully saturated rings. The van der Waals surface area contributed by atoms with Crippen LogP contribution in [-0.4, -0.2) is 33.7 Å². The number of nitrogens with zero attached hydrogens (tertiary/aromatic N) is 1. The van der Waals surface area contributed by atoms with E-state index in [-0.39, 0.29) is 16.3 Å². The lowest BCUT2D eigenvalue weighted by Gasteiger charge is -2.10. The van der Waals surface area contributed by atoms with Crippen LogP contribution in [0, 0.1) is 0 Å². The predicted molar refractivity (Wildman–Crippen MR) is 106 cm³/mol. The van der Waals surface area contributed by atoms with Crippen molar-refractivity contribution < 1.29 is 17.9 Å². The highest BCUT2D eigenvalue weighted by atomic mass is 32.2. The third-order valence-corrected chi connectivity index (χ3v) is 6.68. The fraction of sp³-hybridized carbons (Fsp3) is 0.278. The molecule has 7 nitrogen and oxygen atoms in total. The molecule has 1 aromatic heterocycles. The molecule has 9 heteroatoms. The van der Waals surface area contributed by atoms with Gasteiger partial charge in [-0.05, 0) is 42.3 Å². The molecule has 0 bridgehead atoms. The molecule has 3 rings (SSSR count). The second kappa shape index (κ2) is 7.71. The van der Waals surface area contributed by atoms with Gasteiger partial charge in [0.1, 0.15) is 0 Å². The van der Waals surface area contributed by atoms with Gasteiger partial charge in [-0.2, -0.15) is 0 Å². The van der Waals surface area contributed by atoms with Crippen LogP contribution in [-0.2, 0) is 23.5 Å². The topological polar surface area (TPSA) is 86.6 Å². The Morgan fingerprint density at radius 2 is 1.81 bits per heavy atom. The van der Waals surface area contributed by atoms with Gasteiger partial charge >= 0.3 is 4.87 Å². The minimum absolute atomic E-state index is 0.124. The highest BCUT2D eigenvalue weighted by molar-refractivity contribution is 7.89. The third kappa shape index (κ3) is 4.00. The van der Waals surface area contributed by atoms with Crippen molar-refractivity contribution in [1.82, 2.24) is 9.29 Å². The minimum Gasteiger partial charge on any atom is -0.493 e. The fourth-order valence-corrected chi connectivity index (χ4v) is 4.78. The Morgan fingerprint density at radius 3 is 2.52 bits per heavy atom. The van der Waals surface area contributed by atoms with Crippen molar-refractivity contribution in [3.63, 3.8) is 0 Å². The second-order valence-corrected chi connectivity index (χ2v) is 8.65. The van der Waals surface area contributed by atoms with E-state index in [0.717, 1.165) is 16.9 Å². The van der Waals surface area contributed by atoms with E-state index in [9.17, 15) is 13.2 Å². The number of ether oxygens (including phenoxy) is 2. The van der Waals surface area contributed by atoms with Gasteiger partial charge in [0.05, 0.1) is 29.3 Å². The molecule has 0 atom stereocenters. The van der Waals surface area contributed by atoms with E-state index in [1.165, 1.54) is 16.7 Å². The number of aromatic nitrogens is 1. The van der Waals surface area contributed by atoms with Crippen LogP contribution in [0.5, 0.6) is 11.5 Å². The summed E-state index contributed by atoms with van der Waals surface area (Å²) >= 11 is 1.03. The van der Waals surface area contributed by atoms with Gasteiger partial charge < -0.3 is 14.0 Å². The van der Waals surface area contributed by atoms with Gasteiger partial charge in [0.25, 0.3) is 0 Å². The maximum Gasteiger partial charge on any atom is 0.307 e. The molecule has 144 valence electrons. The molecule has 0 radical (unpaired) electrons. The lowest BCUT2D eigenvalue weighted by molar-refractivity contribution is 0.354. The standard InChI is InChI=1S/C18H20N2O5S2/c1-20-14-6-5-13(11-17(14)26-18(20)21)27(22,23)19-9-8-12-4-7-15(24-2)16(10-12)25-3/h4-7,10-11,19H,8-9H2,1-3H3. The summed E-state index contributed by atoms with van der Waals surface area (Å²) in [5.74, 6) is 1.22. The van der Waals surface area contributed by atoms with Crippen molar-refractivity contribution >= 4 is 31.6 Å². The van der Waals surface area contributed by atoms with Gasteiger partial charge in [0, 0.05) is 13.6 Å². The number of rotatable bonds is 7. The Kier molecular flexibility index (Phi) is 5.54. The van der Waals surface area contributed by atoms with Gasteiger partial charge in [-0.3, -0.25) is 4.79 Å². The summed E-state index contributed by atoms with van der Waals surface area (Å²) < 4.78 is 40.3. The smallest absolute Gasteiger partial charge is 0.307 e. The van der Waals surface area contributed by atoms with E-state index in [1.807, 2.05) is 12.1 Å². The Labute approximate surface area is 161 Å². The quantitative estimate of drug-likeness (QED) is 0.647. The van der Waals surface area contributed by atoms with Crippen molar-refractivity contribution in [3.8, 4) is 11.5 Å². The number of thiazole rings is 1. The molecule has 0 amide bonds. The number of methoxy groups -OCH3 is 2. The molecule has 0 aliphatic rings. The van der Waals surface area contributed by atoms with Crippen molar-refractivity contribution in [2.24, 2.45) is 7.05 Å². The summed E-state index contributed by atoms with van der Waals surface area (Å²) in [7, 11) is 1.11. The summed E-state index contributed by atoms with van der Waals surface area (Å²) in [5, 5.41) is 0. The molecule has 0 aliphatic heterocycles. The average Bonchev–Trinajstić information content (AvgIpc) is 2.95. The van der Waals surface area contributed by atoms with E-state index >= 15 is 0 Å². The third-order valence-electron chi connectivity index (χ3n) is 4.23. The monoisotopic (exact) mass is 408 g/mol. The normalized spacial score (nSPS) is 11.7. The maximum atomic E-state index is 12.5. The van der Waals surface area contributed by atoms with E-state index < -0.39 is 10.0 Å². The van der Waals surface area contributed by atoms with Gasteiger partial charge in [0.15, 0.2) is 11.5 Å². The lowest BCUT2D eigenvalue weighted by atomic mass is 10.1. The first-order valence-corrected chi connectivity index (χ1v) is 10.5. The summed E-state index contributed by atoms with van der Waals surface area (Å²) in [5.41, 5.74) is 1.64. The number of aryl methyl sites for hydroxylation is 1. The zero-order chi connectivity index (χ0) is 19.6. The molecule has 0 spiro atoms.